The zero-order chi connectivity index (χ0) is 30.2. The van der Waals surface area contributed by atoms with Gasteiger partial charge in [0, 0.05) is 49.9 Å². The van der Waals surface area contributed by atoms with Crippen LogP contribution in [0.5, 0.6) is 0 Å². The van der Waals surface area contributed by atoms with Crippen LogP contribution in [0.3, 0.4) is 0 Å². The lowest BCUT2D eigenvalue weighted by molar-refractivity contribution is -0.116. The van der Waals surface area contributed by atoms with Crippen molar-refractivity contribution in [2.45, 2.75) is 27.2 Å². The first kappa shape index (κ1) is 33.6. The topological polar surface area (TPSA) is 93.3 Å². The van der Waals surface area contributed by atoms with Crippen molar-refractivity contribution in [1.29, 1.82) is 0 Å². The monoisotopic (exact) mass is 676 g/mol. The Bertz CT molecular complexity index is 1540. The number of nitrogens with zero attached hydrogens (tertiary/aromatic N) is 1. The summed E-state index contributed by atoms with van der Waals surface area (Å²) in [5, 5.41) is 8.73. The molecule has 0 fully saturated rings. The van der Waals surface area contributed by atoms with E-state index in [1.54, 1.807) is 32.0 Å². The lowest BCUT2D eigenvalue weighted by atomic mass is 10.0. The number of fused-ring (bicyclic) bond motifs is 1. The fourth-order valence-corrected chi connectivity index (χ4v) is 4.44. The van der Waals surface area contributed by atoms with Crippen molar-refractivity contribution in [1.82, 2.24) is 4.98 Å². The average Bonchev–Trinajstić information content (AvgIpc) is 2.96. The molecule has 4 aromatic carbocycles. The summed E-state index contributed by atoms with van der Waals surface area (Å²) < 4.78 is 1.95. The number of aryl methyl sites for hydroxylation is 1. The highest BCUT2D eigenvalue weighted by Crippen LogP contribution is 2.27. The molecule has 5 rings (SSSR count). The number of hydrogen-bond donors (Lipinski definition) is 2. The number of rotatable bonds is 4. The van der Waals surface area contributed by atoms with Gasteiger partial charge in [-0.05, 0) is 74.4 Å². The maximum atomic E-state index is 10.6. The van der Waals surface area contributed by atoms with Gasteiger partial charge in [-0.3, -0.25) is 14.6 Å². The van der Waals surface area contributed by atoms with E-state index in [4.69, 9.17) is 10.8 Å². The third-order valence-electron chi connectivity index (χ3n) is 5.52. The minimum atomic E-state index is 0.214. The lowest BCUT2D eigenvalue weighted by Gasteiger charge is -2.08. The molecule has 0 saturated heterocycles. The van der Waals surface area contributed by atoms with Gasteiger partial charge < -0.3 is 10.8 Å². The van der Waals surface area contributed by atoms with Crippen LogP contribution in [0.2, 0.25) is 0 Å². The van der Waals surface area contributed by atoms with E-state index in [0.717, 1.165) is 37.4 Å². The van der Waals surface area contributed by atoms with Crippen LogP contribution in [-0.2, 0) is 11.2 Å². The second-order valence-corrected chi connectivity index (χ2v) is 10.7. The molecule has 0 saturated carbocycles. The van der Waals surface area contributed by atoms with E-state index in [0.29, 0.717) is 17.7 Å². The van der Waals surface area contributed by atoms with Gasteiger partial charge in [-0.2, -0.15) is 0 Å². The summed E-state index contributed by atoms with van der Waals surface area (Å²) in [5.74, 6) is 0.214. The van der Waals surface area contributed by atoms with Gasteiger partial charge in [-0.1, -0.05) is 92.5 Å². The third kappa shape index (κ3) is 11.8. The molecule has 5 nitrogen and oxygen atoms in total. The van der Waals surface area contributed by atoms with E-state index in [2.05, 4.69) is 80.2 Å². The number of pyridine rings is 1. The Balaban J connectivity index is 0.000000219. The molecule has 0 amide bonds. The highest BCUT2D eigenvalue weighted by Gasteiger charge is 2.05. The first-order chi connectivity index (χ1) is 19.7. The van der Waals surface area contributed by atoms with Crippen LogP contribution in [-0.4, -0.2) is 28.8 Å². The largest absolute Gasteiger partial charge is 0.398 e. The molecular formula is C34H34Br2N2O3. The number of carbonyl (C=O) groups is 2. The molecular weight excluding hydrogens is 644 g/mol. The number of anilines is 1. The molecule has 0 aliphatic heterocycles. The van der Waals surface area contributed by atoms with Crippen molar-refractivity contribution >= 4 is 60.5 Å². The van der Waals surface area contributed by atoms with Crippen molar-refractivity contribution in [2.75, 3.05) is 12.3 Å². The van der Waals surface area contributed by atoms with Gasteiger partial charge in [0.05, 0.1) is 5.52 Å². The summed E-state index contributed by atoms with van der Waals surface area (Å²) in [6.45, 7) is 5.59. The molecule has 7 heteroatoms. The number of carbonyl (C=O) groups excluding carboxylic acids is 2. The molecule has 1 heterocycles. The van der Waals surface area contributed by atoms with E-state index in [1.807, 2.05) is 48.5 Å². The van der Waals surface area contributed by atoms with Crippen molar-refractivity contribution in [2.24, 2.45) is 0 Å². The fraction of sp³-hybridized carbons (Fsp3) is 0.147. The van der Waals surface area contributed by atoms with Gasteiger partial charge in [0.1, 0.15) is 5.78 Å². The summed E-state index contributed by atoms with van der Waals surface area (Å²) >= 11 is 6.73. The minimum absolute atomic E-state index is 0.214. The van der Waals surface area contributed by atoms with Gasteiger partial charge in [0.2, 0.25) is 0 Å². The van der Waals surface area contributed by atoms with Gasteiger partial charge in [-0.15, -0.1) is 0 Å². The van der Waals surface area contributed by atoms with Crippen molar-refractivity contribution in [3.05, 3.63) is 129 Å². The van der Waals surface area contributed by atoms with E-state index < -0.39 is 0 Å². The summed E-state index contributed by atoms with van der Waals surface area (Å²) in [4.78, 5) is 25.6. The maximum absolute atomic E-state index is 10.6. The fourth-order valence-electron chi connectivity index (χ4n) is 3.68. The van der Waals surface area contributed by atoms with Gasteiger partial charge >= 0.3 is 0 Å². The number of aromatic nitrogens is 1. The predicted molar refractivity (Wildman–Crippen MR) is 177 cm³/mol. The number of aldehydes is 1. The van der Waals surface area contributed by atoms with Crippen LogP contribution in [0.1, 0.15) is 35.5 Å². The minimum Gasteiger partial charge on any atom is -0.398 e. The first-order valence-electron chi connectivity index (χ1n) is 12.9. The Morgan fingerprint density at radius 2 is 1.44 bits per heavy atom. The molecule has 0 bridgehead atoms. The summed E-state index contributed by atoms with van der Waals surface area (Å²) in [6, 6.07) is 33.7. The number of aliphatic hydroxyl groups excluding tert-OH is 1. The Hall–Kier alpha value is -3.65. The summed E-state index contributed by atoms with van der Waals surface area (Å²) in [7, 11) is 0. The summed E-state index contributed by atoms with van der Waals surface area (Å²) in [5.41, 5.74) is 12.1. The number of aliphatic hydroxyl groups is 1. The standard InChI is InChI=1S/C16H12BrN.C9H10O.C7H6BrNO.C2H6O/c1-11-15(12-5-3-2-4-6-12)10-13-9-14(17)7-8-16(13)18-11;1-8(10)7-9-5-3-2-4-6-9;8-6-1-2-7(9)5(3-6)4-10;1-2-3/h2-10H,1H3;2-6H,7H2,1H3;1-4H,9H2;3H,2H2,1H3. The molecule has 0 atom stereocenters. The van der Waals surface area contributed by atoms with Crippen LogP contribution >= 0.6 is 31.9 Å². The van der Waals surface area contributed by atoms with Crippen molar-refractivity contribution < 1.29 is 14.7 Å². The Labute approximate surface area is 258 Å². The van der Waals surface area contributed by atoms with Crippen LogP contribution in [0, 0.1) is 6.92 Å². The Morgan fingerprint density at radius 3 is 2.00 bits per heavy atom. The number of nitrogen functional groups attached to an aromatic ring is 1. The second-order valence-electron chi connectivity index (χ2n) is 8.90. The zero-order valence-electron chi connectivity index (χ0n) is 23.4. The summed E-state index contributed by atoms with van der Waals surface area (Å²) in [6.07, 6.45) is 1.29. The average molecular weight is 678 g/mol. The molecule has 3 N–H and O–H groups in total. The molecule has 41 heavy (non-hydrogen) atoms. The Morgan fingerprint density at radius 1 is 0.878 bits per heavy atom. The number of Topliss-reactive ketones (excluding diaryl/α,β-unsaturated/α-hetero) is 1. The first-order valence-corrected chi connectivity index (χ1v) is 14.5. The van der Waals surface area contributed by atoms with E-state index >= 15 is 0 Å². The number of nitrogens with two attached hydrogens (primary N) is 1. The normalized spacial score (nSPS) is 9.71. The predicted octanol–water partition coefficient (Wildman–Crippen LogP) is 8.63. The van der Waals surface area contributed by atoms with Crippen LogP contribution in [0.15, 0.2) is 112 Å². The van der Waals surface area contributed by atoms with Gasteiger partial charge in [0.15, 0.2) is 6.29 Å². The Kier molecular flexibility index (Phi) is 14.7. The zero-order valence-corrected chi connectivity index (χ0v) is 26.5. The van der Waals surface area contributed by atoms with E-state index in [-0.39, 0.29) is 12.4 Å². The van der Waals surface area contributed by atoms with Crippen molar-refractivity contribution in [3.8, 4) is 11.1 Å². The molecule has 212 valence electrons. The molecule has 0 unspecified atom stereocenters. The van der Waals surface area contributed by atoms with Crippen LogP contribution in [0.25, 0.3) is 22.0 Å². The van der Waals surface area contributed by atoms with Crippen LogP contribution < -0.4 is 5.73 Å². The lowest BCUT2D eigenvalue weighted by Crippen LogP contribution is -1.94. The second kappa shape index (κ2) is 17.9. The highest BCUT2D eigenvalue weighted by atomic mass is 79.9. The van der Waals surface area contributed by atoms with Crippen LogP contribution in [0.4, 0.5) is 5.69 Å². The number of ketones is 1. The quantitative estimate of drug-likeness (QED) is 0.147. The number of hydrogen-bond acceptors (Lipinski definition) is 5. The third-order valence-corrected chi connectivity index (χ3v) is 6.51. The SMILES string of the molecule is CC(=O)Cc1ccccc1.CCO.Cc1nc2ccc(Br)cc2cc1-c1ccccc1.Nc1ccc(Br)cc1C=O. The van der Waals surface area contributed by atoms with Crippen molar-refractivity contribution in [3.63, 3.8) is 0 Å². The van der Waals surface area contributed by atoms with Gasteiger partial charge in [0.25, 0.3) is 0 Å². The van der Waals surface area contributed by atoms with E-state index in [1.165, 1.54) is 11.1 Å². The molecule has 0 aliphatic rings. The highest BCUT2D eigenvalue weighted by molar-refractivity contribution is 9.10. The molecule has 0 radical (unpaired) electrons. The molecule has 0 spiro atoms. The molecule has 0 aliphatic carbocycles. The maximum Gasteiger partial charge on any atom is 0.152 e. The van der Waals surface area contributed by atoms with E-state index in [9.17, 15) is 9.59 Å². The number of halogens is 2. The smallest absolute Gasteiger partial charge is 0.152 e. The van der Waals surface area contributed by atoms with Gasteiger partial charge in [-0.25, -0.2) is 0 Å². The number of benzene rings is 4. The molecule has 1 aromatic heterocycles. The molecule has 5 aromatic rings.